The molecule has 0 atom stereocenters. The van der Waals surface area contributed by atoms with Gasteiger partial charge in [0.15, 0.2) is 11.5 Å². The standard InChI is InChI=1S/C24H26F3N3O4/c1-32-19-13-20(33-2)22(34-3)21-17(19)12-18(28-21)23(31)30-10-8-29(9-11-30)14-15-4-6-16(7-5-15)24(25,26)27/h4-7,12-13,28H,8-11,14H2,1-3H3. The predicted octanol–water partition coefficient (Wildman–Crippen LogP) is 4.17. The summed E-state index contributed by atoms with van der Waals surface area (Å²) >= 11 is 0. The second kappa shape index (κ2) is 9.46. The summed E-state index contributed by atoms with van der Waals surface area (Å²) in [5, 5.41) is 0.712. The lowest BCUT2D eigenvalue weighted by Gasteiger charge is -2.34. The van der Waals surface area contributed by atoms with E-state index in [1.54, 1.807) is 24.1 Å². The number of methoxy groups -OCH3 is 3. The number of piperazine rings is 1. The highest BCUT2D eigenvalue weighted by molar-refractivity contribution is 6.02. The van der Waals surface area contributed by atoms with Crippen molar-refractivity contribution in [1.82, 2.24) is 14.8 Å². The Hall–Kier alpha value is -3.40. The number of aromatic nitrogens is 1. The second-order valence-electron chi connectivity index (χ2n) is 8.05. The van der Waals surface area contributed by atoms with Crippen molar-refractivity contribution in [3.05, 3.63) is 53.2 Å². The second-order valence-corrected chi connectivity index (χ2v) is 8.05. The lowest BCUT2D eigenvalue weighted by atomic mass is 10.1. The van der Waals surface area contributed by atoms with Crippen molar-refractivity contribution in [3.63, 3.8) is 0 Å². The molecule has 1 fully saturated rings. The van der Waals surface area contributed by atoms with Gasteiger partial charge in [-0.2, -0.15) is 13.2 Å². The molecule has 1 aliphatic heterocycles. The van der Waals surface area contributed by atoms with Gasteiger partial charge in [-0.05, 0) is 23.8 Å². The minimum atomic E-state index is -4.34. The third kappa shape index (κ3) is 4.63. The molecule has 2 heterocycles. The quantitative estimate of drug-likeness (QED) is 0.577. The largest absolute Gasteiger partial charge is 0.496 e. The van der Waals surface area contributed by atoms with E-state index >= 15 is 0 Å². The van der Waals surface area contributed by atoms with E-state index in [1.165, 1.54) is 26.4 Å². The molecule has 1 amide bonds. The number of aromatic amines is 1. The summed E-state index contributed by atoms with van der Waals surface area (Å²) in [5.41, 5.74) is 1.17. The fourth-order valence-electron chi connectivity index (χ4n) is 4.19. The lowest BCUT2D eigenvalue weighted by molar-refractivity contribution is -0.137. The number of amides is 1. The van der Waals surface area contributed by atoms with Crippen molar-refractivity contribution < 1.29 is 32.2 Å². The van der Waals surface area contributed by atoms with E-state index in [-0.39, 0.29) is 5.91 Å². The Morgan fingerprint density at radius 1 is 0.941 bits per heavy atom. The van der Waals surface area contributed by atoms with Crippen LogP contribution in [0.3, 0.4) is 0 Å². The molecule has 10 heteroatoms. The highest BCUT2D eigenvalue weighted by atomic mass is 19.4. The van der Waals surface area contributed by atoms with E-state index in [0.29, 0.717) is 66.6 Å². The predicted molar refractivity (Wildman–Crippen MR) is 121 cm³/mol. The van der Waals surface area contributed by atoms with Crippen molar-refractivity contribution in [2.45, 2.75) is 12.7 Å². The van der Waals surface area contributed by atoms with Crippen molar-refractivity contribution in [2.24, 2.45) is 0 Å². The molecule has 7 nitrogen and oxygen atoms in total. The van der Waals surface area contributed by atoms with Gasteiger partial charge in [0.05, 0.1) is 32.4 Å². The average molecular weight is 477 g/mol. The highest BCUT2D eigenvalue weighted by Crippen LogP contribution is 2.41. The Labute approximate surface area is 195 Å². The Bertz CT molecular complexity index is 1170. The summed E-state index contributed by atoms with van der Waals surface area (Å²) in [6.45, 7) is 2.78. The summed E-state index contributed by atoms with van der Waals surface area (Å²) in [5.74, 6) is 1.39. The molecule has 0 saturated carbocycles. The van der Waals surface area contributed by atoms with E-state index in [4.69, 9.17) is 14.2 Å². The van der Waals surface area contributed by atoms with Crippen LogP contribution in [0.2, 0.25) is 0 Å². The molecule has 34 heavy (non-hydrogen) atoms. The first-order valence-electron chi connectivity index (χ1n) is 10.7. The van der Waals surface area contributed by atoms with Gasteiger partial charge in [0.1, 0.15) is 11.4 Å². The molecular formula is C24H26F3N3O4. The topological polar surface area (TPSA) is 67.0 Å². The van der Waals surface area contributed by atoms with Gasteiger partial charge in [0.2, 0.25) is 0 Å². The normalized spacial score (nSPS) is 14.9. The smallest absolute Gasteiger partial charge is 0.416 e. The zero-order valence-electron chi connectivity index (χ0n) is 19.2. The summed E-state index contributed by atoms with van der Waals surface area (Å²) in [7, 11) is 4.61. The number of H-pyrrole nitrogens is 1. The van der Waals surface area contributed by atoms with Gasteiger partial charge in [-0.1, -0.05) is 12.1 Å². The number of fused-ring (bicyclic) bond motifs is 1. The van der Waals surface area contributed by atoms with Crippen molar-refractivity contribution >= 4 is 16.8 Å². The Balaban J connectivity index is 1.44. The number of halogens is 3. The summed E-state index contributed by atoms with van der Waals surface area (Å²) in [4.78, 5) is 20.2. The number of nitrogens with one attached hydrogen (secondary N) is 1. The van der Waals surface area contributed by atoms with E-state index in [2.05, 4.69) is 9.88 Å². The van der Waals surface area contributed by atoms with Crippen LogP contribution in [0.25, 0.3) is 10.9 Å². The maximum absolute atomic E-state index is 13.2. The number of rotatable bonds is 6. The van der Waals surface area contributed by atoms with Crippen LogP contribution in [-0.4, -0.2) is 68.2 Å². The monoisotopic (exact) mass is 477 g/mol. The molecule has 0 bridgehead atoms. The van der Waals surface area contributed by atoms with Crippen LogP contribution >= 0.6 is 0 Å². The number of carbonyl (C=O) groups is 1. The third-order valence-electron chi connectivity index (χ3n) is 6.02. The molecule has 1 N–H and O–H groups in total. The van der Waals surface area contributed by atoms with Gasteiger partial charge in [0.25, 0.3) is 5.91 Å². The molecule has 0 aliphatic carbocycles. The van der Waals surface area contributed by atoms with Crippen molar-refractivity contribution in [1.29, 1.82) is 0 Å². The van der Waals surface area contributed by atoms with E-state index < -0.39 is 11.7 Å². The fraction of sp³-hybridized carbons (Fsp3) is 0.375. The van der Waals surface area contributed by atoms with E-state index in [0.717, 1.165) is 17.7 Å². The van der Waals surface area contributed by atoms with Gasteiger partial charge in [0, 0.05) is 44.2 Å². The minimum Gasteiger partial charge on any atom is -0.496 e. The maximum atomic E-state index is 13.2. The Kier molecular flexibility index (Phi) is 6.60. The molecule has 2 aromatic carbocycles. The van der Waals surface area contributed by atoms with Crippen LogP contribution in [0.4, 0.5) is 13.2 Å². The van der Waals surface area contributed by atoms with Gasteiger partial charge in [-0.3, -0.25) is 9.69 Å². The molecule has 1 aromatic heterocycles. The summed E-state index contributed by atoms with van der Waals surface area (Å²) < 4.78 is 54.6. The van der Waals surface area contributed by atoms with Crippen LogP contribution in [0, 0.1) is 0 Å². The minimum absolute atomic E-state index is 0.145. The zero-order chi connectivity index (χ0) is 24.5. The maximum Gasteiger partial charge on any atom is 0.416 e. The van der Waals surface area contributed by atoms with Gasteiger partial charge >= 0.3 is 6.18 Å². The van der Waals surface area contributed by atoms with Crippen LogP contribution < -0.4 is 14.2 Å². The first kappa shape index (κ1) is 23.7. The van der Waals surface area contributed by atoms with Crippen molar-refractivity contribution in [2.75, 3.05) is 47.5 Å². The lowest BCUT2D eigenvalue weighted by Crippen LogP contribution is -2.48. The molecule has 0 spiro atoms. The molecule has 0 radical (unpaired) electrons. The van der Waals surface area contributed by atoms with Crippen LogP contribution in [0.15, 0.2) is 36.4 Å². The number of ether oxygens (including phenoxy) is 3. The Morgan fingerprint density at radius 2 is 1.59 bits per heavy atom. The molecule has 0 unspecified atom stereocenters. The highest BCUT2D eigenvalue weighted by Gasteiger charge is 2.30. The molecule has 182 valence electrons. The van der Waals surface area contributed by atoms with Gasteiger partial charge in [-0.25, -0.2) is 0 Å². The molecule has 1 aliphatic rings. The van der Waals surface area contributed by atoms with E-state index in [1.807, 2.05) is 0 Å². The van der Waals surface area contributed by atoms with E-state index in [9.17, 15) is 18.0 Å². The van der Waals surface area contributed by atoms with Crippen molar-refractivity contribution in [3.8, 4) is 17.2 Å². The zero-order valence-corrected chi connectivity index (χ0v) is 19.2. The molecule has 4 rings (SSSR count). The van der Waals surface area contributed by atoms with Crippen LogP contribution in [0.1, 0.15) is 21.6 Å². The number of benzene rings is 2. The number of hydrogen-bond donors (Lipinski definition) is 1. The van der Waals surface area contributed by atoms with Crippen LogP contribution in [0.5, 0.6) is 17.2 Å². The molecule has 3 aromatic rings. The first-order valence-corrected chi connectivity index (χ1v) is 10.7. The van der Waals surface area contributed by atoms with Gasteiger partial charge < -0.3 is 24.1 Å². The van der Waals surface area contributed by atoms with Crippen LogP contribution in [-0.2, 0) is 12.7 Å². The molecular weight excluding hydrogens is 451 g/mol. The SMILES string of the molecule is COc1cc(OC)c2cc(C(=O)N3CCN(Cc4ccc(C(F)(F)F)cc4)CC3)[nH]c2c1OC. The third-order valence-corrected chi connectivity index (χ3v) is 6.02. The Morgan fingerprint density at radius 3 is 2.15 bits per heavy atom. The first-order chi connectivity index (χ1) is 16.2. The number of nitrogens with zero attached hydrogens (tertiary/aromatic N) is 2. The number of alkyl halides is 3. The number of hydrogen-bond acceptors (Lipinski definition) is 5. The van der Waals surface area contributed by atoms with Gasteiger partial charge in [-0.15, -0.1) is 0 Å². The average Bonchev–Trinajstić information content (AvgIpc) is 3.28. The fourth-order valence-corrected chi connectivity index (χ4v) is 4.19. The summed E-state index contributed by atoms with van der Waals surface area (Å²) in [6.07, 6.45) is -4.34. The molecule has 1 saturated heterocycles. The number of carbonyl (C=O) groups excluding carboxylic acids is 1. The summed E-state index contributed by atoms with van der Waals surface area (Å²) in [6, 6.07) is 8.65.